The highest BCUT2D eigenvalue weighted by Gasteiger charge is 2.44. The van der Waals surface area contributed by atoms with Gasteiger partial charge in [0.15, 0.2) is 0 Å². The zero-order valence-corrected chi connectivity index (χ0v) is 27.8. The molecule has 7 nitrogen and oxygen atoms in total. The van der Waals surface area contributed by atoms with Crippen molar-refractivity contribution in [1.82, 2.24) is 4.72 Å². The Bertz CT molecular complexity index is 1540. The molecule has 1 spiro atoms. The third-order valence-corrected chi connectivity index (χ3v) is 13.0. The largest absolute Gasteiger partial charge is 0.490 e. The van der Waals surface area contributed by atoms with Crippen molar-refractivity contribution in [2.24, 2.45) is 23.7 Å². The number of nitrogens with zero attached hydrogens (tertiary/aromatic N) is 1. The number of methoxy groups -OCH3 is 1. The summed E-state index contributed by atoms with van der Waals surface area (Å²) in [6, 6.07) is 11.6. The molecule has 2 heterocycles. The van der Waals surface area contributed by atoms with Crippen molar-refractivity contribution in [2.45, 2.75) is 76.1 Å². The second-order valence-electron chi connectivity index (χ2n) is 13.8. The van der Waals surface area contributed by atoms with E-state index in [4.69, 9.17) is 21.1 Å². The lowest BCUT2D eigenvalue weighted by Crippen LogP contribution is -2.49. The van der Waals surface area contributed by atoms with Gasteiger partial charge in [0, 0.05) is 36.2 Å². The van der Waals surface area contributed by atoms with E-state index < -0.39 is 21.2 Å². The number of nitrogens with one attached hydrogen (secondary N) is 1. The number of carbonyl (C=O) groups excluding carboxylic acids is 1. The molecule has 238 valence electrons. The lowest BCUT2D eigenvalue weighted by molar-refractivity contribution is 0.0131. The molecule has 44 heavy (non-hydrogen) atoms. The molecule has 4 aliphatic rings. The van der Waals surface area contributed by atoms with Crippen LogP contribution in [0.5, 0.6) is 5.75 Å². The van der Waals surface area contributed by atoms with Gasteiger partial charge in [0.25, 0.3) is 5.91 Å². The minimum Gasteiger partial charge on any atom is -0.490 e. The summed E-state index contributed by atoms with van der Waals surface area (Å²) in [7, 11) is -2.18. The fourth-order valence-corrected chi connectivity index (χ4v) is 10.5. The van der Waals surface area contributed by atoms with Gasteiger partial charge < -0.3 is 14.4 Å². The van der Waals surface area contributed by atoms with E-state index in [1.165, 1.54) is 11.1 Å². The average Bonchev–Trinajstić information content (AvgIpc) is 3.10. The Balaban J connectivity index is 1.44. The smallest absolute Gasteiger partial charge is 0.264 e. The van der Waals surface area contributed by atoms with Crippen LogP contribution in [0.2, 0.25) is 5.02 Å². The highest BCUT2D eigenvalue weighted by Crippen LogP contribution is 2.47. The third-order valence-electron chi connectivity index (χ3n) is 10.6. The molecule has 9 heteroatoms. The van der Waals surface area contributed by atoms with Gasteiger partial charge in [-0.05, 0) is 104 Å². The minimum absolute atomic E-state index is 0.0387. The summed E-state index contributed by atoms with van der Waals surface area (Å²) < 4.78 is 42.3. The molecular weight excluding hydrogens is 596 g/mol. The van der Waals surface area contributed by atoms with Gasteiger partial charge in [0.1, 0.15) is 5.75 Å². The van der Waals surface area contributed by atoms with Gasteiger partial charge in [-0.25, -0.2) is 13.1 Å². The third kappa shape index (κ3) is 5.90. The number of fused-ring (bicyclic) bond motifs is 4. The molecule has 0 aromatic heterocycles. The van der Waals surface area contributed by atoms with Gasteiger partial charge in [-0.3, -0.25) is 4.79 Å². The Morgan fingerprint density at radius 3 is 2.70 bits per heavy atom. The Labute approximate surface area is 267 Å². The molecule has 2 aliphatic heterocycles. The number of aryl methyl sites for hydroxylation is 1. The lowest BCUT2D eigenvalue weighted by Gasteiger charge is -2.46. The molecule has 2 aliphatic carbocycles. The van der Waals surface area contributed by atoms with Crippen molar-refractivity contribution >= 4 is 33.2 Å². The number of halogens is 1. The first-order valence-electron chi connectivity index (χ1n) is 16.1. The number of benzene rings is 2. The number of hydrogen-bond acceptors (Lipinski definition) is 6. The van der Waals surface area contributed by atoms with Crippen molar-refractivity contribution in [3.8, 4) is 5.75 Å². The summed E-state index contributed by atoms with van der Waals surface area (Å²) in [6.07, 6.45) is 9.97. The van der Waals surface area contributed by atoms with Gasteiger partial charge in [-0.2, -0.15) is 0 Å². The second kappa shape index (κ2) is 12.3. The lowest BCUT2D eigenvalue weighted by atomic mass is 9.68. The van der Waals surface area contributed by atoms with E-state index in [0.29, 0.717) is 30.4 Å². The predicted molar refractivity (Wildman–Crippen MR) is 175 cm³/mol. The predicted octanol–water partition coefficient (Wildman–Crippen LogP) is 6.53. The van der Waals surface area contributed by atoms with E-state index in [1.807, 2.05) is 39.0 Å². The maximum absolute atomic E-state index is 13.6. The number of amides is 1. The standard InChI is InChI=1S/C35H45ClN2O5S/c1-22(2)33-23(3)7-5-9-31(42-4)28-13-10-26(28)19-38-20-35(16-6-8-24-17-27(36)12-14-29(24)35)21-43-32-15-11-25(18-30(32)38)34(39)37-44(33,40)41/h5,9,11-12,14-15,17-18,22-23,26,28,31,33H,6-8,10,13,16,19-21H2,1-4H3,(H,37,39)/b9-5+/t23-,26-,28+,31-,33-,35-/m0/s1. The maximum Gasteiger partial charge on any atom is 0.264 e. The first-order chi connectivity index (χ1) is 21.0. The first-order valence-corrected chi connectivity index (χ1v) is 18.0. The normalized spacial score (nSPS) is 32.5. The fraction of sp³-hybridized carbons (Fsp3) is 0.571. The van der Waals surface area contributed by atoms with Crippen LogP contribution in [0.25, 0.3) is 0 Å². The minimum atomic E-state index is -3.95. The summed E-state index contributed by atoms with van der Waals surface area (Å²) in [6.45, 7) is 7.80. The van der Waals surface area contributed by atoms with E-state index >= 15 is 0 Å². The van der Waals surface area contributed by atoms with Crippen LogP contribution in [-0.2, 0) is 26.6 Å². The molecule has 1 N–H and O–H groups in total. The van der Waals surface area contributed by atoms with Crippen molar-refractivity contribution in [3.63, 3.8) is 0 Å². The Hall–Kier alpha value is -2.55. The summed E-state index contributed by atoms with van der Waals surface area (Å²) in [5.74, 6) is 0.530. The topological polar surface area (TPSA) is 84.9 Å². The summed E-state index contributed by atoms with van der Waals surface area (Å²) >= 11 is 6.42. The molecule has 1 saturated carbocycles. The number of ether oxygens (including phenoxy) is 2. The number of rotatable bonds is 2. The van der Waals surface area contributed by atoms with E-state index in [1.54, 1.807) is 13.2 Å². The molecule has 2 aromatic rings. The average molecular weight is 641 g/mol. The van der Waals surface area contributed by atoms with Gasteiger partial charge in [-0.15, -0.1) is 0 Å². The second-order valence-corrected chi connectivity index (χ2v) is 16.1. The number of hydrogen-bond donors (Lipinski definition) is 1. The van der Waals surface area contributed by atoms with Gasteiger partial charge in [-0.1, -0.05) is 50.6 Å². The van der Waals surface area contributed by atoms with Crippen LogP contribution in [0.3, 0.4) is 0 Å². The van der Waals surface area contributed by atoms with Gasteiger partial charge in [0.2, 0.25) is 10.0 Å². The van der Waals surface area contributed by atoms with Gasteiger partial charge >= 0.3 is 0 Å². The van der Waals surface area contributed by atoms with Crippen LogP contribution in [0, 0.1) is 23.7 Å². The number of carbonyl (C=O) groups is 1. The summed E-state index contributed by atoms with van der Waals surface area (Å²) in [5.41, 5.74) is 3.48. The fourth-order valence-electron chi connectivity index (χ4n) is 8.33. The van der Waals surface area contributed by atoms with E-state index in [2.05, 4.69) is 33.9 Å². The Kier molecular flexibility index (Phi) is 8.81. The molecule has 6 rings (SSSR count). The summed E-state index contributed by atoms with van der Waals surface area (Å²) in [5, 5.41) is 0.0289. The molecule has 6 atom stereocenters. The monoisotopic (exact) mass is 640 g/mol. The van der Waals surface area contributed by atoms with Crippen LogP contribution >= 0.6 is 11.6 Å². The maximum atomic E-state index is 13.6. The number of sulfonamides is 1. The molecule has 0 saturated heterocycles. The van der Waals surface area contributed by atoms with Crippen molar-refractivity contribution in [1.29, 1.82) is 0 Å². The van der Waals surface area contributed by atoms with Crippen molar-refractivity contribution < 1.29 is 22.7 Å². The zero-order chi connectivity index (χ0) is 31.2. The van der Waals surface area contributed by atoms with Crippen LogP contribution < -0.4 is 14.4 Å². The van der Waals surface area contributed by atoms with Crippen LogP contribution in [-0.4, -0.2) is 52.5 Å². The molecule has 1 fully saturated rings. The van der Waals surface area contributed by atoms with Crippen LogP contribution in [0.4, 0.5) is 5.69 Å². The van der Waals surface area contributed by atoms with E-state index in [0.717, 1.165) is 61.7 Å². The molecular formula is C35H45ClN2O5S. The zero-order valence-electron chi connectivity index (χ0n) is 26.2. The van der Waals surface area contributed by atoms with E-state index in [9.17, 15) is 13.2 Å². The van der Waals surface area contributed by atoms with Crippen LogP contribution in [0.1, 0.15) is 74.4 Å². The highest BCUT2D eigenvalue weighted by atomic mass is 35.5. The van der Waals surface area contributed by atoms with Crippen molar-refractivity contribution in [2.75, 3.05) is 31.7 Å². The van der Waals surface area contributed by atoms with Crippen LogP contribution in [0.15, 0.2) is 48.6 Å². The van der Waals surface area contributed by atoms with Crippen molar-refractivity contribution in [3.05, 3.63) is 70.3 Å². The Morgan fingerprint density at radius 2 is 1.98 bits per heavy atom. The highest BCUT2D eigenvalue weighted by molar-refractivity contribution is 7.90. The number of allylic oxidation sites excluding steroid dienone is 1. The molecule has 0 unspecified atom stereocenters. The van der Waals surface area contributed by atoms with Gasteiger partial charge in [0.05, 0.1) is 23.6 Å². The molecule has 2 aromatic carbocycles. The number of anilines is 1. The molecule has 0 radical (unpaired) electrons. The summed E-state index contributed by atoms with van der Waals surface area (Å²) in [4.78, 5) is 16.0. The molecule has 2 bridgehead atoms. The van der Waals surface area contributed by atoms with E-state index in [-0.39, 0.29) is 23.4 Å². The quantitative estimate of drug-likeness (QED) is 0.376. The SMILES string of the molecule is CO[C@H]1/C=C/C[C@H](C)[C@H](C(C)C)S(=O)(=O)NC(=O)c2ccc3c(c2)N(C[C@@H]2CC[C@H]21)C[C@@]1(CCCc2cc(Cl)ccc21)CO3. The first kappa shape index (κ1) is 31.4. The Morgan fingerprint density at radius 1 is 1.16 bits per heavy atom. The molecule has 1 amide bonds.